The highest BCUT2D eigenvalue weighted by molar-refractivity contribution is 5.95. The van der Waals surface area contributed by atoms with Crippen LogP contribution in [0, 0.1) is 5.82 Å². The molecular weight excluding hydrogens is 371 g/mol. The van der Waals surface area contributed by atoms with Gasteiger partial charge in [0.05, 0.1) is 6.10 Å². The van der Waals surface area contributed by atoms with E-state index in [9.17, 15) is 9.18 Å². The molecule has 0 aliphatic carbocycles. The number of amides is 1. The molecule has 6 nitrogen and oxygen atoms in total. The van der Waals surface area contributed by atoms with E-state index in [-0.39, 0.29) is 17.8 Å². The molecule has 7 heteroatoms. The Labute approximate surface area is 168 Å². The van der Waals surface area contributed by atoms with Gasteiger partial charge in [0.1, 0.15) is 5.82 Å². The summed E-state index contributed by atoms with van der Waals surface area (Å²) in [7, 11) is 0. The minimum Gasteiger partial charge on any atom is -0.376 e. The Bertz CT molecular complexity index is 988. The summed E-state index contributed by atoms with van der Waals surface area (Å²) in [6.45, 7) is 1.28. The van der Waals surface area contributed by atoms with Gasteiger partial charge in [0, 0.05) is 42.4 Å². The fraction of sp³-hybridized carbons (Fsp3) is 0.227. The van der Waals surface area contributed by atoms with Crippen molar-refractivity contribution in [1.29, 1.82) is 0 Å². The second-order valence-corrected chi connectivity index (χ2v) is 6.86. The van der Waals surface area contributed by atoms with Gasteiger partial charge in [-0.3, -0.25) is 4.79 Å². The molecular formula is C22H21FN4O2. The average molecular weight is 392 g/mol. The first-order valence-electron chi connectivity index (χ1n) is 9.52. The molecule has 1 saturated heterocycles. The predicted molar refractivity (Wildman–Crippen MR) is 108 cm³/mol. The Hall–Kier alpha value is -3.32. The van der Waals surface area contributed by atoms with E-state index in [1.807, 2.05) is 6.07 Å². The van der Waals surface area contributed by atoms with Gasteiger partial charge in [-0.05, 0) is 48.7 Å². The second kappa shape index (κ2) is 8.79. The summed E-state index contributed by atoms with van der Waals surface area (Å²) in [5.41, 5.74) is 2.68. The van der Waals surface area contributed by atoms with Crippen molar-refractivity contribution in [1.82, 2.24) is 15.3 Å². The number of hydrogen-bond acceptors (Lipinski definition) is 5. The number of nitrogens with zero attached hydrogens (tertiary/aromatic N) is 2. The van der Waals surface area contributed by atoms with Gasteiger partial charge in [-0.2, -0.15) is 0 Å². The molecule has 4 rings (SSSR count). The number of aromatic nitrogens is 2. The van der Waals surface area contributed by atoms with E-state index in [1.54, 1.807) is 42.7 Å². The predicted octanol–water partition coefficient (Wildman–Crippen LogP) is 3.94. The number of hydrogen-bond donors (Lipinski definition) is 2. The molecule has 2 heterocycles. The van der Waals surface area contributed by atoms with Gasteiger partial charge in [0.15, 0.2) is 0 Å². The third-order valence-electron chi connectivity index (χ3n) is 4.70. The molecule has 1 atom stereocenters. The molecule has 1 amide bonds. The summed E-state index contributed by atoms with van der Waals surface area (Å²) >= 11 is 0. The first-order chi connectivity index (χ1) is 14.2. The summed E-state index contributed by atoms with van der Waals surface area (Å²) in [6, 6.07) is 13.4. The molecule has 3 aromatic rings. The SMILES string of the molecule is O=C(NC[C@@H]1CCCO1)c1cccc(Nc2ncc(-c3cccc(F)c3)cn2)c1. The monoisotopic (exact) mass is 392 g/mol. The maximum absolute atomic E-state index is 13.4. The highest BCUT2D eigenvalue weighted by Crippen LogP contribution is 2.20. The standard InChI is InChI=1S/C22H21FN4O2/c23-18-6-1-4-15(10-18)17-12-25-22(26-13-17)27-19-7-2-5-16(11-19)21(28)24-14-20-8-3-9-29-20/h1-2,4-7,10-13,20H,3,8-9,14H2,(H,24,28)(H,25,26,27)/t20-/m0/s1. The van der Waals surface area contributed by atoms with Crippen LogP contribution in [0.3, 0.4) is 0 Å². The first kappa shape index (κ1) is 19.0. The van der Waals surface area contributed by atoms with Crippen molar-refractivity contribution in [2.45, 2.75) is 18.9 Å². The molecule has 148 valence electrons. The van der Waals surface area contributed by atoms with Crippen LogP contribution in [0.25, 0.3) is 11.1 Å². The Balaban J connectivity index is 1.40. The molecule has 2 N–H and O–H groups in total. The van der Waals surface area contributed by atoms with Crippen molar-refractivity contribution < 1.29 is 13.9 Å². The van der Waals surface area contributed by atoms with Gasteiger partial charge >= 0.3 is 0 Å². The number of benzene rings is 2. The summed E-state index contributed by atoms with van der Waals surface area (Å²) < 4.78 is 18.9. The van der Waals surface area contributed by atoms with E-state index in [0.717, 1.165) is 25.0 Å². The topological polar surface area (TPSA) is 76.1 Å². The van der Waals surface area contributed by atoms with Crippen molar-refractivity contribution >= 4 is 17.5 Å². The van der Waals surface area contributed by atoms with Crippen LogP contribution < -0.4 is 10.6 Å². The lowest BCUT2D eigenvalue weighted by Gasteiger charge is -2.11. The Morgan fingerprint density at radius 2 is 1.93 bits per heavy atom. The highest BCUT2D eigenvalue weighted by Gasteiger charge is 2.16. The minimum atomic E-state index is -0.306. The molecule has 2 aromatic carbocycles. The molecule has 0 radical (unpaired) electrons. The van der Waals surface area contributed by atoms with Gasteiger partial charge in [0.25, 0.3) is 5.91 Å². The van der Waals surface area contributed by atoms with Crippen molar-refractivity contribution in [2.24, 2.45) is 0 Å². The maximum atomic E-state index is 13.4. The van der Waals surface area contributed by atoms with E-state index >= 15 is 0 Å². The number of nitrogens with one attached hydrogen (secondary N) is 2. The fourth-order valence-electron chi connectivity index (χ4n) is 3.19. The second-order valence-electron chi connectivity index (χ2n) is 6.86. The molecule has 1 aliphatic heterocycles. The zero-order valence-corrected chi connectivity index (χ0v) is 15.8. The lowest BCUT2D eigenvalue weighted by Crippen LogP contribution is -2.31. The van der Waals surface area contributed by atoms with Crippen LogP contribution in [0.5, 0.6) is 0 Å². The highest BCUT2D eigenvalue weighted by atomic mass is 19.1. The van der Waals surface area contributed by atoms with Crippen LogP contribution >= 0.6 is 0 Å². The Morgan fingerprint density at radius 3 is 2.69 bits per heavy atom. The van der Waals surface area contributed by atoms with Gasteiger partial charge < -0.3 is 15.4 Å². The molecule has 1 fully saturated rings. The average Bonchev–Trinajstić information content (AvgIpc) is 3.26. The van der Waals surface area contributed by atoms with Crippen molar-refractivity contribution in [2.75, 3.05) is 18.5 Å². The van der Waals surface area contributed by atoms with E-state index in [0.29, 0.717) is 29.3 Å². The summed E-state index contributed by atoms with van der Waals surface area (Å²) in [5, 5.41) is 5.99. The zero-order valence-electron chi connectivity index (χ0n) is 15.8. The van der Waals surface area contributed by atoms with Crippen LogP contribution in [0.2, 0.25) is 0 Å². The summed E-state index contributed by atoms with van der Waals surface area (Å²) in [6.07, 6.45) is 5.37. The van der Waals surface area contributed by atoms with Crippen LogP contribution in [0.1, 0.15) is 23.2 Å². The first-order valence-corrected chi connectivity index (χ1v) is 9.52. The van der Waals surface area contributed by atoms with Crippen LogP contribution in [0.15, 0.2) is 60.9 Å². The van der Waals surface area contributed by atoms with Gasteiger partial charge in [0.2, 0.25) is 5.95 Å². The Kier molecular flexibility index (Phi) is 5.76. The quantitative estimate of drug-likeness (QED) is 0.665. The van der Waals surface area contributed by atoms with E-state index in [1.165, 1.54) is 12.1 Å². The number of rotatable bonds is 6. The van der Waals surface area contributed by atoms with E-state index in [4.69, 9.17) is 4.74 Å². The minimum absolute atomic E-state index is 0.102. The lowest BCUT2D eigenvalue weighted by atomic mass is 10.1. The molecule has 1 aliphatic rings. The van der Waals surface area contributed by atoms with E-state index in [2.05, 4.69) is 20.6 Å². The maximum Gasteiger partial charge on any atom is 0.251 e. The zero-order chi connectivity index (χ0) is 20.1. The third-order valence-corrected chi connectivity index (χ3v) is 4.70. The van der Waals surface area contributed by atoms with Crippen LogP contribution in [-0.4, -0.2) is 35.1 Å². The third kappa shape index (κ3) is 4.94. The molecule has 0 spiro atoms. The number of ether oxygens (including phenoxy) is 1. The number of carbonyl (C=O) groups excluding carboxylic acids is 1. The molecule has 0 bridgehead atoms. The van der Waals surface area contributed by atoms with Crippen molar-refractivity contribution in [3.8, 4) is 11.1 Å². The number of carbonyl (C=O) groups is 1. The Morgan fingerprint density at radius 1 is 1.10 bits per heavy atom. The summed E-state index contributed by atoms with van der Waals surface area (Å²) in [4.78, 5) is 20.9. The number of halogens is 1. The normalized spacial score (nSPS) is 15.8. The van der Waals surface area contributed by atoms with Gasteiger partial charge in [-0.1, -0.05) is 18.2 Å². The van der Waals surface area contributed by atoms with Crippen molar-refractivity contribution in [3.05, 3.63) is 72.3 Å². The van der Waals surface area contributed by atoms with Gasteiger partial charge in [-0.25, -0.2) is 14.4 Å². The lowest BCUT2D eigenvalue weighted by molar-refractivity contribution is 0.0858. The molecule has 0 unspecified atom stereocenters. The summed E-state index contributed by atoms with van der Waals surface area (Å²) in [5.74, 6) is -0.0622. The molecule has 1 aromatic heterocycles. The smallest absolute Gasteiger partial charge is 0.251 e. The van der Waals surface area contributed by atoms with E-state index < -0.39 is 0 Å². The number of anilines is 2. The largest absolute Gasteiger partial charge is 0.376 e. The van der Waals surface area contributed by atoms with Crippen LogP contribution in [0.4, 0.5) is 16.0 Å². The van der Waals surface area contributed by atoms with Crippen LogP contribution in [-0.2, 0) is 4.74 Å². The molecule has 0 saturated carbocycles. The fourth-order valence-corrected chi connectivity index (χ4v) is 3.19. The molecule has 29 heavy (non-hydrogen) atoms. The van der Waals surface area contributed by atoms with Crippen molar-refractivity contribution in [3.63, 3.8) is 0 Å². The van der Waals surface area contributed by atoms with Gasteiger partial charge in [-0.15, -0.1) is 0 Å².